The first-order chi connectivity index (χ1) is 15.6. The van der Waals surface area contributed by atoms with Gasteiger partial charge in [0.1, 0.15) is 17.8 Å². The number of benzene rings is 2. The summed E-state index contributed by atoms with van der Waals surface area (Å²) >= 11 is 0. The number of nitrogens with zero attached hydrogens (tertiary/aromatic N) is 3. The molecule has 33 heavy (non-hydrogen) atoms. The quantitative estimate of drug-likeness (QED) is 0.376. The van der Waals surface area contributed by atoms with Gasteiger partial charge in [-0.15, -0.1) is 10.2 Å². The van der Waals surface area contributed by atoms with Gasteiger partial charge in [-0.1, -0.05) is 20.4 Å². The minimum absolute atomic E-state index is 0.0848. The minimum atomic E-state index is -3.86. The molecule has 0 saturated heterocycles. The van der Waals surface area contributed by atoms with E-state index in [2.05, 4.69) is 30.6 Å². The molecule has 0 aliphatic carbocycles. The Morgan fingerprint density at radius 3 is 2.30 bits per heavy atom. The van der Waals surface area contributed by atoms with E-state index in [-0.39, 0.29) is 16.0 Å². The zero-order valence-corrected chi connectivity index (χ0v) is 19.7. The number of carbonyl (C=O) groups is 1. The van der Waals surface area contributed by atoms with E-state index in [1.165, 1.54) is 38.5 Å². The molecular weight excluding hydrogens is 444 g/mol. The molecule has 174 valence electrons. The van der Waals surface area contributed by atoms with Gasteiger partial charge >= 0.3 is 0 Å². The SMILES string of the molecule is C=C(C(=O)c1ccc(S(N)(=O)=O)cc1)c1cc(-c2nncn2CC(C)C)c(OC)cc1OC. The zero-order valence-electron chi connectivity index (χ0n) is 18.9. The zero-order chi connectivity index (χ0) is 24.3. The molecule has 1 heterocycles. The number of ether oxygens (including phenoxy) is 2. The molecule has 0 aliphatic rings. The molecule has 0 saturated carbocycles. The van der Waals surface area contributed by atoms with Gasteiger partial charge in [0.15, 0.2) is 11.6 Å². The molecule has 0 fully saturated rings. The molecule has 0 amide bonds. The standard InChI is InChI=1S/C23H26N4O5S/c1-14(2)12-27-13-25-26-23(27)19-10-18(20(31-4)11-21(19)32-5)15(3)22(28)16-6-8-17(9-7-16)33(24,29)30/h6-11,13-14H,3,12H2,1-2,4-5H3,(H2,24,29,30). The number of rotatable bonds is 9. The summed E-state index contributed by atoms with van der Waals surface area (Å²) in [6, 6.07) is 8.74. The summed E-state index contributed by atoms with van der Waals surface area (Å²) in [6.45, 7) is 8.84. The smallest absolute Gasteiger partial charge is 0.238 e. The lowest BCUT2D eigenvalue weighted by Gasteiger charge is -2.17. The Morgan fingerprint density at radius 2 is 1.76 bits per heavy atom. The highest BCUT2D eigenvalue weighted by Gasteiger charge is 2.22. The van der Waals surface area contributed by atoms with Crippen molar-refractivity contribution in [3.05, 3.63) is 60.4 Å². The lowest BCUT2D eigenvalue weighted by atomic mass is 9.95. The Bertz CT molecular complexity index is 1290. The van der Waals surface area contributed by atoms with Crippen molar-refractivity contribution in [3.8, 4) is 22.9 Å². The molecule has 10 heteroatoms. The predicted molar refractivity (Wildman–Crippen MR) is 125 cm³/mol. The van der Waals surface area contributed by atoms with E-state index in [1.807, 2.05) is 4.57 Å². The average molecular weight is 471 g/mol. The number of Topliss-reactive ketones (excluding diaryl/α,β-unsaturated/α-hetero) is 1. The first kappa shape index (κ1) is 24.1. The number of hydrogen-bond acceptors (Lipinski definition) is 7. The Morgan fingerprint density at radius 1 is 1.12 bits per heavy atom. The number of ketones is 1. The Labute approximate surface area is 192 Å². The number of hydrogen-bond donors (Lipinski definition) is 1. The van der Waals surface area contributed by atoms with Gasteiger partial charge in [0.25, 0.3) is 0 Å². The number of allylic oxidation sites excluding steroid dienone is 1. The van der Waals surface area contributed by atoms with Gasteiger partial charge < -0.3 is 14.0 Å². The third-order valence-corrected chi connectivity index (χ3v) is 5.91. The van der Waals surface area contributed by atoms with Crippen LogP contribution in [0.4, 0.5) is 0 Å². The van der Waals surface area contributed by atoms with E-state index in [0.29, 0.717) is 40.9 Å². The molecule has 1 aromatic heterocycles. The van der Waals surface area contributed by atoms with Crippen molar-refractivity contribution in [1.29, 1.82) is 0 Å². The van der Waals surface area contributed by atoms with Gasteiger partial charge in [0.05, 0.1) is 24.7 Å². The molecular formula is C23H26N4O5S. The summed E-state index contributed by atoms with van der Waals surface area (Å²) in [7, 11) is -0.843. The van der Waals surface area contributed by atoms with Crippen LogP contribution in [0, 0.1) is 5.92 Å². The second kappa shape index (κ2) is 9.55. The molecule has 0 unspecified atom stereocenters. The van der Waals surface area contributed by atoms with E-state index < -0.39 is 15.8 Å². The van der Waals surface area contributed by atoms with Crippen LogP contribution in [0.2, 0.25) is 0 Å². The molecule has 0 spiro atoms. The van der Waals surface area contributed by atoms with Crippen molar-refractivity contribution in [2.24, 2.45) is 11.1 Å². The number of nitrogens with two attached hydrogens (primary N) is 1. The highest BCUT2D eigenvalue weighted by molar-refractivity contribution is 7.89. The third kappa shape index (κ3) is 5.12. The maximum atomic E-state index is 13.1. The van der Waals surface area contributed by atoms with Crippen LogP contribution in [0.25, 0.3) is 17.0 Å². The number of sulfonamides is 1. The van der Waals surface area contributed by atoms with Gasteiger partial charge in [-0.3, -0.25) is 4.79 Å². The van der Waals surface area contributed by atoms with Crippen LogP contribution in [-0.2, 0) is 16.6 Å². The number of carbonyl (C=O) groups excluding carboxylic acids is 1. The van der Waals surface area contributed by atoms with Gasteiger partial charge in [-0.05, 0) is 36.2 Å². The van der Waals surface area contributed by atoms with Crippen molar-refractivity contribution in [1.82, 2.24) is 14.8 Å². The molecule has 2 aromatic carbocycles. The van der Waals surface area contributed by atoms with Crippen molar-refractivity contribution in [2.75, 3.05) is 14.2 Å². The molecule has 2 N–H and O–H groups in total. The largest absolute Gasteiger partial charge is 0.496 e. The normalized spacial score (nSPS) is 11.5. The third-order valence-electron chi connectivity index (χ3n) is 4.98. The number of primary sulfonamides is 1. The summed E-state index contributed by atoms with van der Waals surface area (Å²) < 4.78 is 35.9. The molecule has 0 radical (unpaired) electrons. The van der Waals surface area contributed by atoms with Gasteiger partial charge in [0.2, 0.25) is 10.0 Å². The number of aromatic nitrogens is 3. The van der Waals surface area contributed by atoms with Crippen LogP contribution in [0.5, 0.6) is 11.5 Å². The van der Waals surface area contributed by atoms with E-state index in [9.17, 15) is 13.2 Å². The topological polar surface area (TPSA) is 126 Å². The molecule has 0 bridgehead atoms. The highest BCUT2D eigenvalue weighted by atomic mass is 32.2. The Kier molecular flexibility index (Phi) is 6.99. The van der Waals surface area contributed by atoms with Crippen molar-refractivity contribution >= 4 is 21.4 Å². The van der Waals surface area contributed by atoms with Crippen molar-refractivity contribution in [3.63, 3.8) is 0 Å². The van der Waals surface area contributed by atoms with E-state index in [4.69, 9.17) is 14.6 Å². The van der Waals surface area contributed by atoms with Crippen molar-refractivity contribution < 1.29 is 22.7 Å². The van der Waals surface area contributed by atoms with Crippen LogP contribution in [-0.4, -0.2) is 43.2 Å². The van der Waals surface area contributed by atoms with Crippen molar-refractivity contribution in [2.45, 2.75) is 25.3 Å². The first-order valence-electron chi connectivity index (χ1n) is 10.1. The van der Waals surface area contributed by atoms with Gasteiger partial charge in [0, 0.05) is 29.3 Å². The average Bonchev–Trinajstić information content (AvgIpc) is 3.23. The second-order valence-electron chi connectivity index (χ2n) is 7.83. The Balaban J connectivity index is 2.07. The summed E-state index contributed by atoms with van der Waals surface area (Å²) in [5, 5.41) is 13.4. The van der Waals surface area contributed by atoms with Crippen LogP contribution >= 0.6 is 0 Å². The fourth-order valence-corrected chi connectivity index (χ4v) is 3.91. The van der Waals surface area contributed by atoms with Crippen LogP contribution in [0.15, 0.2) is 54.2 Å². The van der Waals surface area contributed by atoms with Gasteiger partial charge in [-0.25, -0.2) is 13.6 Å². The van der Waals surface area contributed by atoms with Gasteiger partial charge in [-0.2, -0.15) is 0 Å². The summed E-state index contributed by atoms with van der Waals surface area (Å²) in [5.74, 6) is 1.45. The van der Waals surface area contributed by atoms with Crippen LogP contribution < -0.4 is 14.6 Å². The molecule has 0 atom stereocenters. The monoisotopic (exact) mass is 470 g/mol. The lowest BCUT2D eigenvalue weighted by Crippen LogP contribution is -2.12. The lowest BCUT2D eigenvalue weighted by molar-refractivity contribution is 0.105. The van der Waals surface area contributed by atoms with E-state index >= 15 is 0 Å². The Hall–Kier alpha value is -3.50. The van der Waals surface area contributed by atoms with E-state index in [1.54, 1.807) is 18.5 Å². The molecule has 3 aromatic rings. The first-order valence-corrected chi connectivity index (χ1v) is 11.6. The van der Waals surface area contributed by atoms with E-state index in [0.717, 1.165) is 0 Å². The molecule has 3 rings (SSSR count). The predicted octanol–water partition coefficient (Wildman–Crippen LogP) is 3.16. The molecule has 0 aliphatic heterocycles. The molecule has 9 nitrogen and oxygen atoms in total. The fourth-order valence-electron chi connectivity index (χ4n) is 3.39. The highest BCUT2D eigenvalue weighted by Crippen LogP contribution is 2.38. The maximum Gasteiger partial charge on any atom is 0.238 e. The van der Waals surface area contributed by atoms with Crippen LogP contribution in [0.3, 0.4) is 0 Å². The number of methoxy groups -OCH3 is 2. The fraction of sp³-hybridized carbons (Fsp3) is 0.261. The maximum absolute atomic E-state index is 13.1. The summed E-state index contributed by atoms with van der Waals surface area (Å²) in [4.78, 5) is 13.1. The summed E-state index contributed by atoms with van der Waals surface area (Å²) in [6.07, 6.45) is 1.64. The minimum Gasteiger partial charge on any atom is -0.496 e. The second-order valence-corrected chi connectivity index (χ2v) is 9.39. The summed E-state index contributed by atoms with van der Waals surface area (Å²) in [5.41, 5.74) is 1.50. The van der Waals surface area contributed by atoms with Crippen LogP contribution in [0.1, 0.15) is 29.8 Å².